The molecule has 0 aromatic carbocycles. The monoisotopic (exact) mass is 374 g/mol. The van der Waals surface area contributed by atoms with Crippen molar-refractivity contribution in [3.8, 4) is 0 Å². The van der Waals surface area contributed by atoms with Crippen molar-refractivity contribution in [3.05, 3.63) is 20.8 Å². The van der Waals surface area contributed by atoms with Gasteiger partial charge < -0.3 is 10.6 Å². The van der Waals surface area contributed by atoms with E-state index in [2.05, 4.69) is 48.1 Å². The van der Waals surface area contributed by atoms with Crippen LogP contribution in [0, 0.1) is 11.3 Å². The lowest BCUT2D eigenvalue weighted by Crippen LogP contribution is -2.29. The molecule has 21 heavy (non-hydrogen) atoms. The van der Waals surface area contributed by atoms with E-state index in [9.17, 15) is 4.79 Å². The lowest BCUT2D eigenvalue weighted by atomic mass is 9.76. The number of amides is 1. The zero-order valence-corrected chi connectivity index (χ0v) is 15.9. The highest BCUT2D eigenvalue weighted by atomic mass is 79.9. The summed E-state index contributed by atoms with van der Waals surface area (Å²) in [4.78, 5) is 14.1. The van der Waals surface area contributed by atoms with Gasteiger partial charge in [0.2, 0.25) is 5.91 Å². The Kier molecular flexibility index (Phi) is 7.37. The van der Waals surface area contributed by atoms with E-state index in [4.69, 9.17) is 5.73 Å². The van der Waals surface area contributed by atoms with Crippen molar-refractivity contribution in [2.45, 2.75) is 46.6 Å². The highest BCUT2D eigenvalue weighted by Gasteiger charge is 2.24. The molecule has 1 amide bonds. The van der Waals surface area contributed by atoms with E-state index in [0.29, 0.717) is 25.4 Å². The normalized spacial score (nSPS) is 13.2. The second-order valence-electron chi connectivity index (χ2n) is 6.69. The van der Waals surface area contributed by atoms with Crippen LogP contribution in [0.4, 0.5) is 0 Å². The summed E-state index contributed by atoms with van der Waals surface area (Å²) < 4.78 is 1.11. The Hall–Kier alpha value is -0.390. The van der Waals surface area contributed by atoms with Crippen molar-refractivity contribution in [1.82, 2.24) is 4.90 Å². The molecular weight excluding hydrogens is 348 g/mol. The van der Waals surface area contributed by atoms with Gasteiger partial charge in [0.15, 0.2) is 0 Å². The maximum atomic E-state index is 12.3. The number of hydrogen-bond acceptors (Lipinski definition) is 3. The molecule has 0 fully saturated rings. The van der Waals surface area contributed by atoms with Gasteiger partial charge in [-0.05, 0) is 63.7 Å². The molecule has 1 aromatic heterocycles. The number of thiophene rings is 1. The molecule has 0 aliphatic rings. The maximum Gasteiger partial charge on any atom is 0.222 e. The Labute approximate surface area is 141 Å². The van der Waals surface area contributed by atoms with Gasteiger partial charge >= 0.3 is 0 Å². The number of rotatable bonds is 7. The van der Waals surface area contributed by atoms with E-state index in [1.54, 1.807) is 11.3 Å². The van der Waals surface area contributed by atoms with Gasteiger partial charge in [-0.1, -0.05) is 20.8 Å². The zero-order valence-electron chi connectivity index (χ0n) is 13.5. The average Bonchev–Trinajstić information content (AvgIpc) is 2.78. The highest BCUT2D eigenvalue weighted by Crippen LogP contribution is 2.32. The van der Waals surface area contributed by atoms with E-state index in [-0.39, 0.29) is 11.3 Å². The standard InChI is InChI=1S/C16H27BrN2OS/c1-16(2,3)13(7-8-18)5-6-15(20)19(4)10-12-9-14(17)21-11-12/h9,11,13H,5-8,10,18H2,1-4H3. The van der Waals surface area contributed by atoms with Crippen LogP contribution >= 0.6 is 27.3 Å². The van der Waals surface area contributed by atoms with Gasteiger partial charge in [-0.2, -0.15) is 0 Å². The minimum atomic E-state index is 0.205. The molecule has 0 aliphatic carbocycles. The fourth-order valence-electron chi connectivity index (χ4n) is 2.49. The Morgan fingerprint density at radius 1 is 1.43 bits per heavy atom. The van der Waals surface area contributed by atoms with Gasteiger partial charge in [0.25, 0.3) is 0 Å². The highest BCUT2D eigenvalue weighted by molar-refractivity contribution is 9.11. The summed E-state index contributed by atoms with van der Waals surface area (Å²) >= 11 is 5.10. The van der Waals surface area contributed by atoms with Crippen molar-refractivity contribution in [2.24, 2.45) is 17.1 Å². The van der Waals surface area contributed by atoms with Crippen molar-refractivity contribution in [3.63, 3.8) is 0 Å². The van der Waals surface area contributed by atoms with Crippen LogP contribution in [0.15, 0.2) is 15.2 Å². The molecule has 1 unspecified atom stereocenters. The van der Waals surface area contributed by atoms with Crippen LogP contribution in [0.3, 0.4) is 0 Å². The predicted molar refractivity (Wildman–Crippen MR) is 94.3 cm³/mol. The summed E-state index contributed by atoms with van der Waals surface area (Å²) in [6.45, 7) is 8.05. The molecule has 0 bridgehead atoms. The molecule has 120 valence electrons. The predicted octanol–water partition coefficient (Wildman–Crippen LogP) is 4.26. The number of halogens is 1. The molecule has 3 nitrogen and oxygen atoms in total. The van der Waals surface area contributed by atoms with E-state index in [1.165, 1.54) is 5.56 Å². The van der Waals surface area contributed by atoms with E-state index < -0.39 is 0 Å². The van der Waals surface area contributed by atoms with Crippen LogP contribution in [0.1, 0.15) is 45.6 Å². The number of hydrogen-bond donors (Lipinski definition) is 1. The third-order valence-electron chi connectivity index (χ3n) is 3.91. The summed E-state index contributed by atoms with van der Waals surface area (Å²) in [6.07, 6.45) is 2.50. The summed E-state index contributed by atoms with van der Waals surface area (Å²) in [5, 5.41) is 2.08. The lowest BCUT2D eigenvalue weighted by molar-refractivity contribution is -0.130. The summed E-state index contributed by atoms with van der Waals surface area (Å²) in [6, 6.07) is 2.07. The third-order valence-corrected chi connectivity index (χ3v) is 5.47. The van der Waals surface area contributed by atoms with Crippen LogP contribution in [0.5, 0.6) is 0 Å². The molecule has 1 rings (SSSR count). The number of carbonyl (C=O) groups is 1. The fourth-order valence-corrected chi connectivity index (χ4v) is 3.69. The summed E-state index contributed by atoms with van der Waals surface area (Å²) in [5.41, 5.74) is 7.08. The molecule has 0 saturated heterocycles. The summed E-state index contributed by atoms with van der Waals surface area (Å²) in [7, 11) is 1.88. The first-order valence-corrected chi connectivity index (χ1v) is 9.08. The second-order valence-corrected chi connectivity index (χ2v) is 8.98. The van der Waals surface area contributed by atoms with Crippen LogP contribution in [0.2, 0.25) is 0 Å². The van der Waals surface area contributed by atoms with Gasteiger partial charge in [0, 0.05) is 20.0 Å². The van der Waals surface area contributed by atoms with Crippen molar-refractivity contribution in [1.29, 1.82) is 0 Å². The molecular formula is C16H27BrN2OS. The van der Waals surface area contributed by atoms with Gasteiger partial charge in [-0.3, -0.25) is 4.79 Å². The average molecular weight is 375 g/mol. The third kappa shape index (κ3) is 6.49. The van der Waals surface area contributed by atoms with Gasteiger partial charge in [-0.25, -0.2) is 0 Å². The van der Waals surface area contributed by atoms with Crippen molar-refractivity contribution < 1.29 is 4.79 Å². The van der Waals surface area contributed by atoms with Gasteiger partial charge in [-0.15, -0.1) is 11.3 Å². The SMILES string of the molecule is CN(Cc1csc(Br)c1)C(=O)CCC(CCN)C(C)(C)C. The molecule has 1 aromatic rings. The van der Waals surface area contributed by atoms with Gasteiger partial charge in [0.05, 0.1) is 3.79 Å². The first-order valence-electron chi connectivity index (χ1n) is 7.41. The quantitative estimate of drug-likeness (QED) is 0.774. The lowest BCUT2D eigenvalue weighted by Gasteiger charge is -2.31. The molecule has 2 N–H and O–H groups in total. The van der Waals surface area contributed by atoms with Gasteiger partial charge in [0.1, 0.15) is 0 Å². The summed E-state index contributed by atoms with van der Waals surface area (Å²) in [5.74, 6) is 0.707. The molecule has 0 radical (unpaired) electrons. The molecule has 1 heterocycles. The minimum absolute atomic E-state index is 0.205. The number of carbonyl (C=O) groups excluding carboxylic acids is 1. The largest absolute Gasteiger partial charge is 0.341 e. The Morgan fingerprint density at radius 2 is 2.10 bits per heavy atom. The smallest absolute Gasteiger partial charge is 0.222 e. The number of nitrogens with two attached hydrogens (primary N) is 1. The molecule has 0 saturated carbocycles. The van der Waals surface area contributed by atoms with Crippen molar-refractivity contribution in [2.75, 3.05) is 13.6 Å². The van der Waals surface area contributed by atoms with Crippen LogP contribution in [0.25, 0.3) is 0 Å². The number of nitrogens with zero attached hydrogens (tertiary/aromatic N) is 1. The zero-order chi connectivity index (χ0) is 16.0. The Balaban J connectivity index is 2.48. The van der Waals surface area contributed by atoms with Crippen LogP contribution < -0.4 is 5.73 Å². The Bertz CT molecular complexity index is 453. The molecule has 0 aliphatic heterocycles. The Morgan fingerprint density at radius 3 is 2.57 bits per heavy atom. The van der Waals surface area contributed by atoms with Crippen LogP contribution in [-0.4, -0.2) is 24.4 Å². The molecule has 1 atom stereocenters. The van der Waals surface area contributed by atoms with E-state index in [1.807, 2.05) is 11.9 Å². The maximum absolute atomic E-state index is 12.3. The van der Waals surface area contributed by atoms with E-state index in [0.717, 1.165) is 16.6 Å². The van der Waals surface area contributed by atoms with Crippen LogP contribution in [-0.2, 0) is 11.3 Å². The van der Waals surface area contributed by atoms with E-state index >= 15 is 0 Å². The minimum Gasteiger partial charge on any atom is -0.341 e. The van der Waals surface area contributed by atoms with Crippen molar-refractivity contribution >= 4 is 33.2 Å². The second kappa shape index (κ2) is 8.30. The topological polar surface area (TPSA) is 46.3 Å². The molecule has 5 heteroatoms. The first-order chi connectivity index (χ1) is 9.74. The fraction of sp³-hybridized carbons (Fsp3) is 0.688. The first kappa shape index (κ1) is 18.7. The molecule has 0 spiro atoms.